The fraction of sp³-hybridized carbons (Fsp3) is 0. The maximum atomic E-state index is 13.3. The summed E-state index contributed by atoms with van der Waals surface area (Å²) in [6.45, 7) is 0. The molecular weight excluding hydrogens is 210 g/mol. The fourth-order valence-corrected chi connectivity index (χ4v) is 1.49. The van der Waals surface area contributed by atoms with Crippen molar-refractivity contribution in [1.82, 2.24) is 0 Å². The summed E-state index contributed by atoms with van der Waals surface area (Å²) in [6.07, 6.45) is 0.180. The van der Waals surface area contributed by atoms with Gasteiger partial charge in [0.2, 0.25) is 0 Å². The molecule has 0 unspecified atom stereocenters. The van der Waals surface area contributed by atoms with Crippen LogP contribution in [0.1, 0.15) is 10.4 Å². The zero-order valence-corrected chi connectivity index (χ0v) is 8.28. The number of rotatable bonds is 2. The van der Waals surface area contributed by atoms with Crippen molar-refractivity contribution in [3.63, 3.8) is 0 Å². The van der Waals surface area contributed by atoms with E-state index in [1.54, 1.807) is 24.3 Å². The predicted octanol–water partition coefficient (Wildman–Crippen LogP) is 3.44. The Bertz CT molecular complexity index is 498. The third-order valence-electron chi connectivity index (χ3n) is 2.30. The molecule has 0 saturated heterocycles. The Balaban J connectivity index is 2.57. The molecule has 0 aliphatic carbocycles. The van der Waals surface area contributed by atoms with Crippen LogP contribution >= 0.6 is 0 Å². The summed E-state index contributed by atoms with van der Waals surface area (Å²) >= 11 is 0. The summed E-state index contributed by atoms with van der Waals surface area (Å²) in [4.78, 5) is 10.4. The molecule has 0 amide bonds. The summed E-state index contributed by atoms with van der Waals surface area (Å²) in [5.74, 6) is -1.68. The van der Waals surface area contributed by atoms with E-state index in [2.05, 4.69) is 0 Å². The van der Waals surface area contributed by atoms with Gasteiger partial charge in [-0.05, 0) is 23.3 Å². The molecule has 1 nitrogen and oxygen atoms in total. The minimum Gasteiger partial charge on any atom is -0.298 e. The van der Waals surface area contributed by atoms with Crippen LogP contribution in [0, 0.1) is 11.6 Å². The second kappa shape index (κ2) is 4.23. The first kappa shape index (κ1) is 10.5. The van der Waals surface area contributed by atoms with Crippen molar-refractivity contribution in [2.75, 3.05) is 0 Å². The van der Waals surface area contributed by atoms with Crippen molar-refractivity contribution in [1.29, 1.82) is 0 Å². The van der Waals surface area contributed by atoms with Gasteiger partial charge in [-0.2, -0.15) is 0 Å². The van der Waals surface area contributed by atoms with Crippen LogP contribution in [0.3, 0.4) is 0 Å². The lowest BCUT2D eigenvalue weighted by Gasteiger charge is -2.04. The number of aldehydes is 1. The molecule has 0 N–H and O–H groups in total. The van der Waals surface area contributed by atoms with Gasteiger partial charge in [-0.25, -0.2) is 8.78 Å². The average molecular weight is 218 g/mol. The van der Waals surface area contributed by atoms with E-state index in [1.165, 1.54) is 0 Å². The highest BCUT2D eigenvalue weighted by Gasteiger charge is 2.10. The molecule has 2 rings (SSSR count). The second-order valence-electron chi connectivity index (χ2n) is 3.34. The van der Waals surface area contributed by atoms with Gasteiger partial charge in [0, 0.05) is 0 Å². The van der Waals surface area contributed by atoms with Gasteiger partial charge in [0.05, 0.1) is 5.56 Å². The number of carbonyl (C=O) groups is 1. The minimum atomic E-state index is -0.839. The molecule has 80 valence electrons. The van der Waals surface area contributed by atoms with Gasteiger partial charge in [-0.1, -0.05) is 30.3 Å². The molecule has 0 radical (unpaired) electrons. The zero-order valence-electron chi connectivity index (χ0n) is 8.28. The van der Waals surface area contributed by atoms with Crippen LogP contribution in [-0.2, 0) is 0 Å². The third-order valence-corrected chi connectivity index (χ3v) is 2.30. The van der Waals surface area contributed by atoms with E-state index in [0.717, 1.165) is 12.1 Å². The Kier molecular flexibility index (Phi) is 2.77. The molecule has 0 aliphatic heterocycles. The average Bonchev–Trinajstić information content (AvgIpc) is 2.30. The van der Waals surface area contributed by atoms with Gasteiger partial charge in [0.15, 0.2) is 6.29 Å². The number of carbonyl (C=O) groups excluding carboxylic acids is 1. The van der Waals surface area contributed by atoms with Crippen LogP contribution < -0.4 is 0 Å². The van der Waals surface area contributed by atoms with Crippen LogP contribution in [0.5, 0.6) is 0 Å². The van der Waals surface area contributed by atoms with Gasteiger partial charge in [-0.15, -0.1) is 0 Å². The minimum absolute atomic E-state index is 0.180. The van der Waals surface area contributed by atoms with Gasteiger partial charge in [0.25, 0.3) is 0 Å². The van der Waals surface area contributed by atoms with Crippen LogP contribution in [0.4, 0.5) is 8.78 Å². The Morgan fingerprint density at radius 1 is 0.875 bits per heavy atom. The van der Waals surface area contributed by atoms with E-state index < -0.39 is 17.2 Å². The quantitative estimate of drug-likeness (QED) is 0.705. The summed E-state index contributed by atoms with van der Waals surface area (Å²) in [6, 6.07) is 11.2. The monoisotopic (exact) mass is 218 g/mol. The van der Waals surface area contributed by atoms with Gasteiger partial charge in [0.1, 0.15) is 11.6 Å². The van der Waals surface area contributed by atoms with Crippen molar-refractivity contribution in [3.05, 3.63) is 59.7 Å². The Hall–Kier alpha value is -2.03. The molecule has 0 fully saturated rings. The van der Waals surface area contributed by atoms with E-state index in [-0.39, 0.29) is 6.29 Å². The van der Waals surface area contributed by atoms with Crippen LogP contribution in [0.25, 0.3) is 11.1 Å². The number of hydrogen-bond donors (Lipinski definition) is 0. The number of benzene rings is 2. The summed E-state index contributed by atoms with van der Waals surface area (Å²) in [7, 11) is 0. The van der Waals surface area contributed by atoms with Gasteiger partial charge >= 0.3 is 0 Å². The van der Waals surface area contributed by atoms with Crippen LogP contribution in [0.2, 0.25) is 0 Å². The molecule has 0 aromatic heterocycles. The SMILES string of the molecule is O=Cc1c(F)cc(-c2ccccc2)cc1F. The lowest BCUT2D eigenvalue weighted by Crippen LogP contribution is -1.94. The lowest BCUT2D eigenvalue weighted by atomic mass is 10.0. The predicted molar refractivity (Wildman–Crippen MR) is 57.2 cm³/mol. The van der Waals surface area contributed by atoms with E-state index in [4.69, 9.17) is 0 Å². The van der Waals surface area contributed by atoms with E-state index >= 15 is 0 Å². The normalized spacial score (nSPS) is 10.1. The molecule has 0 heterocycles. The second-order valence-corrected chi connectivity index (χ2v) is 3.34. The maximum absolute atomic E-state index is 13.3. The largest absolute Gasteiger partial charge is 0.298 e. The molecule has 0 atom stereocenters. The molecular formula is C13H8F2O. The Morgan fingerprint density at radius 3 is 1.94 bits per heavy atom. The van der Waals surface area contributed by atoms with Gasteiger partial charge < -0.3 is 0 Å². The highest BCUT2D eigenvalue weighted by atomic mass is 19.1. The van der Waals surface area contributed by atoms with Crippen molar-refractivity contribution < 1.29 is 13.6 Å². The van der Waals surface area contributed by atoms with Crippen molar-refractivity contribution in [2.45, 2.75) is 0 Å². The highest BCUT2D eigenvalue weighted by molar-refractivity contribution is 5.78. The standard InChI is InChI=1S/C13H8F2O/c14-12-6-10(7-13(15)11(12)8-16)9-4-2-1-3-5-9/h1-8H. The van der Waals surface area contributed by atoms with Crippen LogP contribution in [0.15, 0.2) is 42.5 Å². The van der Waals surface area contributed by atoms with Crippen molar-refractivity contribution in [3.8, 4) is 11.1 Å². The Labute approximate surface area is 91.3 Å². The fourth-order valence-electron chi connectivity index (χ4n) is 1.49. The molecule has 2 aromatic rings. The summed E-state index contributed by atoms with van der Waals surface area (Å²) < 4.78 is 26.7. The molecule has 3 heteroatoms. The molecule has 0 saturated carbocycles. The molecule has 0 aliphatic rings. The first-order valence-electron chi connectivity index (χ1n) is 4.72. The molecule has 2 aromatic carbocycles. The summed E-state index contributed by atoms with van der Waals surface area (Å²) in [5, 5.41) is 0. The van der Waals surface area contributed by atoms with E-state index in [9.17, 15) is 13.6 Å². The van der Waals surface area contributed by atoms with E-state index in [1.807, 2.05) is 6.07 Å². The van der Waals surface area contributed by atoms with Crippen LogP contribution in [-0.4, -0.2) is 6.29 Å². The van der Waals surface area contributed by atoms with Crippen molar-refractivity contribution >= 4 is 6.29 Å². The molecule has 0 spiro atoms. The van der Waals surface area contributed by atoms with Gasteiger partial charge in [-0.3, -0.25) is 4.79 Å². The highest BCUT2D eigenvalue weighted by Crippen LogP contribution is 2.23. The Morgan fingerprint density at radius 2 is 1.44 bits per heavy atom. The van der Waals surface area contributed by atoms with E-state index in [0.29, 0.717) is 11.1 Å². The first-order valence-corrected chi connectivity index (χ1v) is 4.72. The van der Waals surface area contributed by atoms with Crippen molar-refractivity contribution in [2.24, 2.45) is 0 Å². The number of hydrogen-bond acceptors (Lipinski definition) is 1. The lowest BCUT2D eigenvalue weighted by molar-refractivity contribution is 0.111. The maximum Gasteiger partial charge on any atom is 0.155 e. The first-order chi connectivity index (χ1) is 7.72. The smallest absolute Gasteiger partial charge is 0.155 e. The summed E-state index contributed by atoms with van der Waals surface area (Å²) in [5.41, 5.74) is 0.596. The molecule has 16 heavy (non-hydrogen) atoms. The third kappa shape index (κ3) is 1.84. The molecule has 0 bridgehead atoms. The topological polar surface area (TPSA) is 17.1 Å². The zero-order chi connectivity index (χ0) is 11.5. The number of halogens is 2.